The molecule has 4 heteroatoms. The monoisotopic (exact) mass is 276 g/mol. The quantitative estimate of drug-likeness (QED) is 0.859. The van der Waals surface area contributed by atoms with Crippen LogP contribution in [0.5, 0.6) is 0 Å². The van der Waals surface area contributed by atoms with Gasteiger partial charge in [0.05, 0.1) is 5.56 Å². The van der Waals surface area contributed by atoms with Crippen LogP contribution in [-0.2, 0) is 0 Å². The molecule has 0 bridgehead atoms. The van der Waals surface area contributed by atoms with Crippen LogP contribution in [0.4, 0.5) is 0 Å². The van der Waals surface area contributed by atoms with Crippen molar-refractivity contribution < 1.29 is 4.79 Å². The zero-order valence-corrected chi connectivity index (χ0v) is 11.5. The predicted octanol–water partition coefficient (Wildman–Crippen LogP) is 3.88. The lowest BCUT2D eigenvalue weighted by Crippen LogP contribution is -2.36. The van der Waals surface area contributed by atoms with Crippen LogP contribution in [0.1, 0.15) is 42.5 Å². The van der Waals surface area contributed by atoms with Gasteiger partial charge in [-0.15, -0.1) is 0 Å². The molecule has 2 N–H and O–H groups in total. The van der Waals surface area contributed by atoms with E-state index in [1.807, 2.05) is 18.2 Å². The Morgan fingerprint density at radius 3 is 2.84 bits per heavy atom. The van der Waals surface area contributed by atoms with Gasteiger partial charge < -0.3 is 10.3 Å². The first-order valence-electron chi connectivity index (χ1n) is 6.81. The molecule has 0 atom stereocenters. The molecule has 2 aromatic rings. The maximum absolute atomic E-state index is 12.3. The average Bonchev–Trinajstić information content (AvgIpc) is 2.82. The first-order chi connectivity index (χ1) is 9.24. The highest BCUT2D eigenvalue weighted by molar-refractivity contribution is 6.31. The summed E-state index contributed by atoms with van der Waals surface area (Å²) in [6.45, 7) is 0. The molecule has 0 radical (unpaired) electrons. The van der Waals surface area contributed by atoms with Gasteiger partial charge in [0.1, 0.15) is 0 Å². The maximum atomic E-state index is 12.3. The highest BCUT2D eigenvalue weighted by atomic mass is 35.5. The van der Waals surface area contributed by atoms with Gasteiger partial charge in [0.15, 0.2) is 0 Å². The minimum absolute atomic E-state index is 0.0143. The molecule has 3 rings (SSSR count). The molecule has 1 fully saturated rings. The molecule has 0 unspecified atom stereocenters. The molecule has 0 spiro atoms. The van der Waals surface area contributed by atoms with Crippen molar-refractivity contribution in [3.05, 3.63) is 35.0 Å². The van der Waals surface area contributed by atoms with Crippen LogP contribution in [0.3, 0.4) is 0 Å². The largest absolute Gasteiger partial charge is 0.360 e. The average molecular weight is 277 g/mol. The van der Waals surface area contributed by atoms with E-state index in [2.05, 4.69) is 10.3 Å². The van der Waals surface area contributed by atoms with Gasteiger partial charge in [0.25, 0.3) is 5.91 Å². The van der Waals surface area contributed by atoms with E-state index in [-0.39, 0.29) is 5.91 Å². The van der Waals surface area contributed by atoms with E-state index in [4.69, 9.17) is 11.6 Å². The Balaban J connectivity index is 1.81. The molecule has 1 aromatic carbocycles. The molecule has 100 valence electrons. The van der Waals surface area contributed by atoms with Crippen molar-refractivity contribution in [1.82, 2.24) is 10.3 Å². The van der Waals surface area contributed by atoms with Crippen molar-refractivity contribution in [2.45, 2.75) is 38.1 Å². The minimum atomic E-state index is 0.0143. The van der Waals surface area contributed by atoms with Gasteiger partial charge in [-0.05, 0) is 25.0 Å². The molecule has 3 nitrogen and oxygen atoms in total. The highest BCUT2D eigenvalue weighted by Gasteiger charge is 2.18. The zero-order chi connectivity index (χ0) is 13.2. The normalized spacial score (nSPS) is 16.7. The number of H-pyrrole nitrogens is 1. The summed E-state index contributed by atoms with van der Waals surface area (Å²) in [5.41, 5.74) is 1.61. The van der Waals surface area contributed by atoms with Crippen molar-refractivity contribution in [3.63, 3.8) is 0 Å². The van der Waals surface area contributed by atoms with Crippen LogP contribution < -0.4 is 5.32 Å². The maximum Gasteiger partial charge on any atom is 0.253 e. The second kappa shape index (κ2) is 5.25. The number of amides is 1. The first kappa shape index (κ1) is 12.5. The standard InChI is InChI=1S/C15H17ClN2O/c16-10-6-7-12-13(9-17-14(12)8-10)15(19)18-11-4-2-1-3-5-11/h6-9,11,17H,1-5H2,(H,18,19). The number of halogens is 1. The summed E-state index contributed by atoms with van der Waals surface area (Å²) < 4.78 is 0. The number of nitrogens with one attached hydrogen (secondary N) is 2. The molecule has 0 saturated heterocycles. The van der Waals surface area contributed by atoms with E-state index < -0.39 is 0 Å². The van der Waals surface area contributed by atoms with E-state index in [1.54, 1.807) is 6.20 Å². The minimum Gasteiger partial charge on any atom is -0.360 e. The molecule has 0 aliphatic heterocycles. The van der Waals surface area contributed by atoms with Gasteiger partial charge >= 0.3 is 0 Å². The topological polar surface area (TPSA) is 44.9 Å². The summed E-state index contributed by atoms with van der Waals surface area (Å²) in [5, 5.41) is 4.74. The molecule has 1 amide bonds. The van der Waals surface area contributed by atoms with E-state index in [9.17, 15) is 4.79 Å². The van der Waals surface area contributed by atoms with Crippen molar-refractivity contribution >= 4 is 28.4 Å². The molecule has 1 aliphatic carbocycles. The van der Waals surface area contributed by atoms with Gasteiger partial charge in [0, 0.05) is 28.2 Å². The van der Waals surface area contributed by atoms with Crippen molar-refractivity contribution in [2.75, 3.05) is 0 Å². The summed E-state index contributed by atoms with van der Waals surface area (Å²) in [5.74, 6) is 0.0143. The molecular formula is C15H17ClN2O. The number of aromatic amines is 1. The fourth-order valence-electron chi connectivity index (χ4n) is 2.80. The summed E-state index contributed by atoms with van der Waals surface area (Å²) in [6, 6.07) is 5.88. The lowest BCUT2D eigenvalue weighted by molar-refractivity contribution is 0.0929. The van der Waals surface area contributed by atoms with Crippen LogP contribution in [0.2, 0.25) is 5.02 Å². The number of carbonyl (C=O) groups excluding carboxylic acids is 1. The Morgan fingerprint density at radius 1 is 1.26 bits per heavy atom. The Kier molecular flexibility index (Phi) is 3.47. The number of benzene rings is 1. The number of aromatic nitrogens is 1. The number of carbonyl (C=O) groups is 1. The first-order valence-corrected chi connectivity index (χ1v) is 7.19. The highest BCUT2D eigenvalue weighted by Crippen LogP contribution is 2.23. The summed E-state index contributed by atoms with van der Waals surface area (Å²) in [6.07, 6.45) is 7.68. The van der Waals surface area contributed by atoms with Crippen LogP contribution in [0, 0.1) is 0 Å². The van der Waals surface area contributed by atoms with Gasteiger partial charge in [-0.1, -0.05) is 36.9 Å². The Morgan fingerprint density at radius 2 is 2.05 bits per heavy atom. The Hall–Kier alpha value is -1.48. The van der Waals surface area contributed by atoms with Gasteiger partial charge in [-0.2, -0.15) is 0 Å². The SMILES string of the molecule is O=C(NC1CCCCC1)c1c[nH]c2cc(Cl)ccc12. The molecule has 1 aromatic heterocycles. The van der Waals surface area contributed by atoms with Crippen LogP contribution >= 0.6 is 11.6 Å². The van der Waals surface area contributed by atoms with Gasteiger partial charge in [-0.3, -0.25) is 4.79 Å². The van der Waals surface area contributed by atoms with Crippen LogP contribution in [0.25, 0.3) is 10.9 Å². The summed E-state index contributed by atoms with van der Waals surface area (Å²) >= 11 is 5.94. The molecule has 19 heavy (non-hydrogen) atoms. The van der Waals surface area contributed by atoms with Crippen molar-refractivity contribution in [1.29, 1.82) is 0 Å². The zero-order valence-electron chi connectivity index (χ0n) is 10.7. The Bertz CT molecular complexity index is 599. The summed E-state index contributed by atoms with van der Waals surface area (Å²) in [4.78, 5) is 15.4. The van der Waals surface area contributed by atoms with Gasteiger partial charge in [-0.25, -0.2) is 0 Å². The van der Waals surface area contributed by atoms with E-state index in [0.717, 1.165) is 23.7 Å². The second-order valence-corrected chi connectivity index (χ2v) is 5.64. The van der Waals surface area contributed by atoms with E-state index in [0.29, 0.717) is 16.6 Å². The summed E-state index contributed by atoms with van der Waals surface area (Å²) in [7, 11) is 0. The van der Waals surface area contributed by atoms with Gasteiger partial charge in [0.2, 0.25) is 0 Å². The number of hydrogen-bond donors (Lipinski definition) is 2. The molecular weight excluding hydrogens is 260 g/mol. The van der Waals surface area contributed by atoms with E-state index >= 15 is 0 Å². The third-order valence-corrected chi connectivity index (χ3v) is 4.06. The van der Waals surface area contributed by atoms with E-state index in [1.165, 1.54) is 19.3 Å². The fraction of sp³-hybridized carbons (Fsp3) is 0.400. The number of hydrogen-bond acceptors (Lipinski definition) is 1. The molecule has 1 saturated carbocycles. The van der Waals surface area contributed by atoms with Crippen LogP contribution in [0.15, 0.2) is 24.4 Å². The number of fused-ring (bicyclic) bond motifs is 1. The molecule has 1 aliphatic rings. The molecule has 1 heterocycles. The third kappa shape index (κ3) is 2.61. The van der Waals surface area contributed by atoms with Crippen molar-refractivity contribution in [2.24, 2.45) is 0 Å². The van der Waals surface area contributed by atoms with Crippen LogP contribution in [-0.4, -0.2) is 16.9 Å². The van der Waals surface area contributed by atoms with Crippen molar-refractivity contribution in [3.8, 4) is 0 Å². The fourth-order valence-corrected chi connectivity index (χ4v) is 2.97. The Labute approximate surface area is 117 Å². The number of rotatable bonds is 2. The predicted molar refractivity (Wildman–Crippen MR) is 77.6 cm³/mol. The second-order valence-electron chi connectivity index (χ2n) is 5.20. The third-order valence-electron chi connectivity index (χ3n) is 3.83. The lowest BCUT2D eigenvalue weighted by Gasteiger charge is -2.22. The lowest BCUT2D eigenvalue weighted by atomic mass is 9.95. The smallest absolute Gasteiger partial charge is 0.253 e.